The molecule has 0 aliphatic rings. The second-order valence-corrected chi connectivity index (χ2v) is 5.74. The van der Waals surface area contributed by atoms with E-state index in [2.05, 4.69) is 10.3 Å². The molecule has 0 aliphatic carbocycles. The van der Waals surface area contributed by atoms with Gasteiger partial charge in [0.05, 0.1) is 18.7 Å². The van der Waals surface area contributed by atoms with E-state index in [9.17, 15) is 9.59 Å². The molecule has 116 valence electrons. The molecule has 0 saturated heterocycles. The van der Waals surface area contributed by atoms with Gasteiger partial charge in [-0.1, -0.05) is 6.07 Å². The van der Waals surface area contributed by atoms with Gasteiger partial charge in [0.1, 0.15) is 0 Å². The maximum atomic E-state index is 12.2. The Balaban J connectivity index is 2.01. The fourth-order valence-electron chi connectivity index (χ4n) is 1.86. The molecule has 0 aliphatic heterocycles. The van der Waals surface area contributed by atoms with Crippen LogP contribution in [0.25, 0.3) is 0 Å². The van der Waals surface area contributed by atoms with Crippen LogP contribution < -0.4 is 5.32 Å². The van der Waals surface area contributed by atoms with E-state index < -0.39 is 0 Å². The zero-order valence-corrected chi connectivity index (χ0v) is 13.6. The summed E-state index contributed by atoms with van der Waals surface area (Å²) in [6.45, 7) is 6.07. The quantitative estimate of drug-likeness (QED) is 0.860. The first-order valence-electron chi connectivity index (χ1n) is 6.98. The smallest absolute Gasteiger partial charge is 0.311 e. The molecule has 1 aromatic carbocycles. The molecular weight excluding hydrogens is 300 g/mol. The number of carbonyl (C=O) groups is 2. The Bertz CT molecular complexity index is 694. The lowest BCUT2D eigenvalue weighted by Crippen LogP contribution is -2.12. The van der Waals surface area contributed by atoms with Crippen LogP contribution in [0.2, 0.25) is 0 Å². The minimum Gasteiger partial charge on any atom is -0.466 e. The summed E-state index contributed by atoms with van der Waals surface area (Å²) in [5.74, 6) is -0.528. The Hall–Kier alpha value is -2.21. The highest BCUT2D eigenvalue weighted by molar-refractivity contribution is 7.14. The highest BCUT2D eigenvalue weighted by atomic mass is 32.1. The Morgan fingerprint density at radius 2 is 2.05 bits per heavy atom. The summed E-state index contributed by atoms with van der Waals surface area (Å²) in [5.41, 5.74) is 3.39. The summed E-state index contributed by atoms with van der Waals surface area (Å²) in [5, 5.41) is 4.96. The van der Waals surface area contributed by atoms with Crippen LogP contribution in [0.3, 0.4) is 0 Å². The molecule has 0 saturated carbocycles. The van der Waals surface area contributed by atoms with Crippen LogP contribution in [0.4, 0.5) is 5.13 Å². The van der Waals surface area contributed by atoms with Crippen LogP contribution in [-0.2, 0) is 16.0 Å². The van der Waals surface area contributed by atoms with Crippen molar-refractivity contribution >= 4 is 28.3 Å². The zero-order valence-electron chi connectivity index (χ0n) is 12.8. The summed E-state index contributed by atoms with van der Waals surface area (Å²) in [6, 6.07) is 5.54. The van der Waals surface area contributed by atoms with E-state index in [0.717, 1.165) is 11.1 Å². The van der Waals surface area contributed by atoms with E-state index in [-0.39, 0.29) is 18.3 Å². The molecule has 0 atom stereocenters. The molecule has 0 spiro atoms. The second-order valence-electron chi connectivity index (χ2n) is 4.88. The van der Waals surface area contributed by atoms with E-state index in [0.29, 0.717) is 23.0 Å². The zero-order chi connectivity index (χ0) is 16.1. The first-order valence-corrected chi connectivity index (χ1v) is 7.86. The number of rotatable bonds is 5. The molecule has 6 heteroatoms. The molecule has 2 aromatic rings. The predicted molar refractivity (Wildman–Crippen MR) is 86.3 cm³/mol. The Kier molecular flexibility index (Phi) is 5.27. The average Bonchev–Trinajstić information content (AvgIpc) is 2.89. The van der Waals surface area contributed by atoms with Crippen molar-refractivity contribution in [1.82, 2.24) is 4.98 Å². The monoisotopic (exact) mass is 318 g/mol. The first kappa shape index (κ1) is 16.2. The Labute approximate surface area is 133 Å². The van der Waals surface area contributed by atoms with Gasteiger partial charge in [-0.25, -0.2) is 4.98 Å². The summed E-state index contributed by atoms with van der Waals surface area (Å²) >= 11 is 1.29. The van der Waals surface area contributed by atoms with Crippen molar-refractivity contribution in [2.24, 2.45) is 0 Å². The van der Waals surface area contributed by atoms with Gasteiger partial charge in [-0.3, -0.25) is 14.9 Å². The van der Waals surface area contributed by atoms with Crippen LogP contribution in [-0.4, -0.2) is 23.5 Å². The van der Waals surface area contributed by atoms with Crippen LogP contribution >= 0.6 is 11.3 Å². The molecule has 1 N–H and O–H groups in total. The number of aromatic nitrogens is 1. The standard InChI is InChI=1S/C16H18N2O3S/c1-4-21-14(19)8-13-9-22-16(17-13)18-15(20)12-6-5-10(2)11(3)7-12/h5-7,9H,4,8H2,1-3H3,(H,17,18,20). The molecule has 0 bridgehead atoms. The third-order valence-electron chi connectivity index (χ3n) is 3.17. The number of aryl methyl sites for hydroxylation is 2. The number of amides is 1. The first-order chi connectivity index (χ1) is 10.5. The normalized spacial score (nSPS) is 10.3. The van der Waals surface area contributed by atoms with Gasteiger partial charge in [-0.15, -0.1) is 11.3 Å². The Morgan fingerprint density at radius 1 is 1.27 bits per heavy atom. The fourth-order valence-corrected chi connectivity index (χ4v) is 2.56. The van der Waals surface area contributed by atoms with Crippen LogP contribution in [0, 0.1) is 13.8 Å². The molecule has 0 radical (unpaired) electrons. The van der Waals surface area contributed by atoms with Gasteiger partial charge in [0.25, 0.3) is 5.91 Å². The topological polar surface area (TPSA) is 68.3 Å². The number of anilines is 1. The summed E-state index contributed by atoms with van der Waals surface area (Å²) in [4.78, 5) is 27.8. The average molecular weight is 318 g/mol. The van der Waals surface area contributed by atoms with E-state index in [1.54, 1.807) is 18.4 Å². The molecule has 0 fully saturated rings. The molecule has 1 heterocycles. The van der Waals surface area contributed by atoms with Crippen LogP contribution in [0.1, 0.15) is 34.1 Å². The number of nitrogens with one attached hydrogen (secondary N) is 1. The maximum Gasteiger partial charge on any atom is 0.311 e. The lowest BCUT2D eigenvalue weighted by Gasteiger charge is -2.05. The van der Waals surface area contributed by atoms with Gasteiger partial charge in [0, 0.05) is 10.9 Å². The second kappa shape index (κ2) is 7.17. The van der Waals surface area contributed by atoms with E-state index in [1.807, 2.05) is 26.0 Å². The third-order valence-corrected chi connectivity index (χ3v) is 3.98. The van der Waals surface area contributed by atoms with E-state index >= 15 is 0 Å². The number of nitrogens with zero attached hydrogens (tertiary/aromatic N) is 1. The fraction of sp³-hybridized carbons (Fsp3) is 0.312. The third kappa shape index (κ3) is 4.14. The number of hydrogen-bond acceptors (Lipinski definition) is 5. The summed E-state index contributed by atoms with van der Waals surface area (Å²) < 4.78 is 4.87. The molecule has 0 unspecified atom stereocenters. The minimum atomic E-state index is -0.320. The molecule has 1 amide bonds. The number of benzene rings is 1. The van der Waals surface area contributed by atoms with Gasteiger partial charge in [0.2, 0.25) is 0 Å². The van der Waals surface area contributed by atoms with Gasteiger partial charge in [-0.05, 0) is 44.0 Å². The van der Waals surface area contributed by atoms with E-state index in [4.69, 9.17) is 4.74 Å². The predicted octanol–water partition coefficient (Wildman–Crippen LogP) is 3.12. The van der Waals surface area contributed by atoms with Gasteiger partial charge in [0.15, 0.2) is 5.13 Å². The van der Waals surface area contributed by atoms with Crippen molar-refractivity contribution in [2.45, 2.75) is 27.2 Å². The van der Waals surface area contributed by atoms with Crippen molar-refractivity contribution in [3.63, 3.8) is 0 Å². The number of hydrogen-bond donors (Lipinski definition) is 1. The maximum absolute atomic E-state index is 12.2. The summed E-state index contributed by atoms with van der Waals surface area (Å²) in [6.07, 6.45) is 0.115. The number of esters is 1. The number of ether oxygens (including phenoxy) is 1. The van der Waals surface area contributed by atoms with Crippen molar-refractivity contribution in [2.75, 3.05) is 11.9 Å². The minimum absolute atomic E-state index is 0.115. The molecule has 1 aromatic heterocycles. The molecule has 2 rings (SSSR count). The van der Waals surface area contributed by atoms with Crippen molar-refractivity contribution < 1.29 is 14.3 Å². The number of thiazole rings is 1. The van der Waals surface area contributed by atoms with Gasteiger partial charge >= 0.3 is 5.97 Å². The van der Waals surface area contributed by atoms with Crippen LogP contribution in [0.15, 0.2) is 23.6 Å². The SMILES string of the molecule is CCOC(=O)Cc1csc(NC(=O)c2ccc(C)c(C)c2)n1. The van der Waals surface area contributed by atoms with Gasteiger partial charge in [-0.2, -0.15) is 0 Å². The summed E-state index contributed by atoms with van der Waals surface area (Å²) in [7, 11) is 0. The van der Waals surface area contributed by atoms with E-state index in [1.165, 1.54) is 11.3 Å². The highest BCUT2D eigenvalue weighted by Gasteiger charge is 2.12. The molecular formula is C16H18N2O3S. The molecule has 22 heavy (non-hydrogen) atoms. The molecule has 5 nitrogen and oxygen atoms in total. The lowest BCUT2D eigenvalue weighted by molar-refractivity contribution is -0.142. The highest BCUT2D eigenvalue weighted by Crippen LogP contribution is 2.18. The number of carbonyl (C=O) groups excluding carboxylic acids is 2. The lowest BCUT2D eigenvalue weighted by atomic mass is 10.1. The van der Waals surface area contributed by atoms with Crippen molar-refractivity contribution in [3.8, 4) is 0 Å². The van der Waals surface area contributed by atoms with Crippen molar-refractivity contribution in [1.29, 1.82) is 0 Å². The van der Waals surface area contributed by atoms with Crippen LogP contribution in [0.5, 0.6) is 0 Å². The Morgan fingerprint density at radius 3 is 2.73 bits per heavy atom. The van der Waals surface area contributed by atoms with Gasteiger partial charge < -0.3 is 4.74 Å². The largest absolute Gasteiger partial charge is 0.466 e. The van der Waals surface area contributed by atoms with Crippen molar-refractivity contribution in [3.05, 3.63) is 46.0 Å².